The van der Waals surface area contributed by atoms with Crippen LogP contribution >= 0.6 is 0 Å². The van der Waals surface area contributed by atoms with Crippen molar-refractivity contribution in [3.8, 4) is 0 Å². The van der Waals surface area contributed by atoms with Crippen molar-refractivity contribution in [2.24, 2.45) is 0 Å². The quantitative estimate of drug-likeness (QED) is 0.479. The van der Waals surface area contributed by atoms with Gasteiger partial charge in [-0.25, -0.2) is 4.98 Å². The molecule has 1 heterocycles. The first-order chi connectivity index (χ1) is 8.74. The number of hydrogen-bond acceptors (Lipinski definition) is 5. The fraction of sp³-hybridized carbons (Fsp3) is 0.250. The van der Waals surface area contributed by atoms with Gasteiger partial charge in [-0.2, -0.15) is 0 Å². The fourth-order valence-corrected chi connectivity index (χ4v) is 1.76. The van der Waals surface area contributed by atoms with Gasteiger partial charge >= 0.3 is 5.69 Å². The Morgan fingerprint density at radius 2 is 2.22 bits per heavy atom. The van der Waals surface area contributed by atoms with Gasteiger partial charge in [-0.05, 0) is 18.6 Å². The lowest BCUT2D eigenvalue weighted by Crippen LogP contribution is -2.06. The molecule has 1 aromatic carbocycles. The maximum Gasteiger partial charge on any atom is 0.318 e. The number of aromatic nitrogens is 1. The number of nitrogens with one attached hydrogen (secondary N) is 1. The van der Waals surface area contributed by atoms with Crippen molar-refractivity contribution in [1.29, 1.82) is 0 Å². The molecule has 0 aliphatic carbocycles. The number of benzene rings is 1. The van der Waals surface area contributed by atoms with Crippen molar-refractivity contribution in [3.05, 3.63) is 40.6 Å². The van der Waals surface area contributed by atoms with Crippen LogP contribution in [0.2, 0.25) is 0 Å². The maximum absolute atomic E-state index is 11.1. The number of fused-ring (bicyclic) bond motifs is 1. The van der Waals surface area contributed by atoms with E-state index in [-0.39, 0.29) is 12.3 Å². The average molecular weight is 247 g/mol. The lowest BCUT2D eigenvalue weighted by Gasteiger charge is -2.07. The van der Waals surface area contributed by atoms with Crippen molar-refractivity contribution in [1.82, 2.24) is 4.98 Å². The molecule has 0 bridgehead atoms. The van der Waals surface area contributed by atoms with Crippen molar-refractivity contribution in [2.75, 3.05) is 18.5 Å². The molecule has 0 saturated carbocycles. The van der Waals surface area contributed by atoms with Gasteiger partial charge in [0.1, 0.15) is 11.2 Å². The highest BCUT2D eigenvalue weighted by atomic mass is 16.6. The van der Waals surface area contributed by atoms with Crippen LogP contribution in [-0.4, -0.2) is 28.2 Å². The van der Waals surface area contributed by atoms with Crippen molar-refractivity contribution < 1.29 is 10.0 Å². The molecular formula is C12H13N3O3. The van der Waals surface area contributed by atoms with Crippen LogP contribution in [0.25, 0.3) is 10.9 Å². The average Bonchev–Trinajstić information content (AvgIpc) is 2.38. The normalized spacial score (nSPS) is 10.5. The van der Waals surface area contributed by atoms with Gasteiger partial charge in [0.05, 0.1) is 4.92 Å². The van der Waals surface area contributed by atoms with Crippen LogP contribution in [-0.2, 0) is 0 Å². The van der Waals surface area contributed by atoms with Crippen molar-refractivity contribution in [3.63, 3.8) is 0 Å². The zero-order valence-corrected chi connectivity index (χ0v) is 9.67. The fourth-order valence-electron chi connectivity index (χ4n) is 1.76. The van der Waals surface area contributed by atoms with E-state index in [1.54, 1.807) is 24.3 Å². The van der Waals surface area contributed by atoms with Crippen LogP contribution in [0.4, 0.5) is 11.4 Å². The van der Waals surface area contributed by atoms with E-state index < -0.39 is 4.92 Å². The van der Waals surface area contributed by atoms with Gasteiger partial charge in [0.25, 0.3) is 0 Å². The molecule has 6 heteroatoms. The van der Waals surface area contributed by atoms with Crippen LogP contribution in [0.15, 0.2) is 30.5 Å². The number of hydrogen-bond donors (Lipinski definition) is 2. The Hall–Kier alpha value is -2.21. The third-order valence-electron chi connectivity index (χ3n) is 2.58. The Balaban J connectivity index is 2.46. The number of rotatable bonds is 5. The maximum atomic E-state index is 11.1. The van der Waals surface area contributed by atoms with Crippen molar-refractivity contribution >= 4 is 22.3 Å². The molecule has 2 aromatic rings. The summed E-state index contributed by atoms with van der Waals surface area (Å²) in [4.78, 5) is 14.8. The van der Waals surface area contributed by atoms with Crippen LogP contribution in [0.5, 0.6) is 0 Å². The van der Waals surface area contributed by atoms with Gasteiger partial charge < -0.3 is 10.4 Å². The van der Waals surface area contributed by atoms with E-state index in [2.05, 4.69) is 10.3 Å². The van der Waals surface area contributed by atoms with Gasteiger partial charge in [-0.15, -0.1) is 0 Å². The summed E-state index contributed by atoms with van der Waals surface area (Å²) in [6.07, 6.45) is 2.07. The first-order valence-electron chi connectivity index (χ1n) is 5.61. The second kappa shape index (κ2) is 5.42. The van der Waals surface area contributed by atoms with Crippen molar-refractivity contribution in [2.45, 2.75) is 6.42 Å². The monoisotopic (exact) mass is 247 g/mol. The Labute approximate surface area is 103 Å². The molecule has 0 aliphatic heterocycles. The summed E-state index contributed by atoms with van der Waals surface area (Å²) in [7, 11) is 0. The predicted octanol–water partition coefficient (Wildman–Crippen LogP) is 1.94. The zero-order chi connectivity index (χ0) is 13.0. The molecule has 0 unspecified atom stereocenters. The minimum absolute atomic E-state index is 0.0222. The summed E-state index contributed by atoms with van der Waals surface area (Å²) in [6.45, 7) is 0.530. The Morgan fingerprint density at radius 3 is 2.94 bits per heavy atom. The summed E-state index contributed by atoms with van der Waals surface area (Å²) in [5, 5.41) is 23.5. The molecule has 0 fully saturated rings. The molecule has 0 spiro atoms. The lowest BCUT2D eigenvalue weighted by molar-refractivity contribution is -0.382. The van der Waals surface area contributed by atoms with Gasteiger partial charge in [0, 0.05) is 24.7 Å². The SMILES string of the molecule is O=[N+]([O-])c1c(NCCCO)ccc2cccnc12. The van der Waals surface area contributed by atoms with Crippen LogP contribution in [0.1, 0.15) is 6.42 Å². The molecule has 0 radical (unpaired) electrons. The largest absolute Gasteiger partial charge is 0.396 e. The van der Waals surface area contributed by atoms with E-state index >= 15 is 0 Å². The second-order valence-corrected chi connectivity index (χ2v) is 3.80. The molecule has 6 nitrogen and oxygen atoms in total. The molecule has 0 saturated heterocycles. The zero-order valence-electron chi connectivity index (χ0n) is 9.67. The summed E-state index contributed by atoms with van der Waals surface area (Å²) in [6, 6.07) is 6.98. The van der Waals surface area contributed by atoms with Crippen LogP contribution in [0, 0.1) is 10.1 Å². The summed E-state index contributed by atoms with van der Waals surface area (Å²) in [5.74, 6) is 0. The van der Waals surface area contributed by atoms with Crippen LogP contribution in [0.3, 0.4) is 0 Å². The number of aliphatic hydroxyl groups is 1. The molecule has 18 heavy (non-hydrogen) atoms. The minimum atomic E-state index is -0.434. The standard InChI is InChI=1S/C12H13N3O3/c16-8-2-7-13-10-5-4-9-3-1-6-14-11(9)12(10)15(17)18/h1,3-6,13,16H,2,7-8H2. The first-order valence-corrected chi connectivity index (χ1v) is 5.61. The van der Waals surface area contributed by atoms with Gasteiger partial charge in [0.2, 0.25) is 0 Å². The number of aliphatic hydroxyl groups excluding tert-OH is 1. The Morgan fingerprint density at radius 1 is 1.39 bits per heavy atom. The highest BCUT2D eigenvalue weighted by molar-refractivity contribution is 5.93. The predicted molar refractivity (Wildman–Crippen MR) is 68.6 cm³/mol. The topological polar surface area (TPSA) is 88.3 Å². The van der Waals surface area contributed by atoms with Gasteiger partial charge in [-0.3, -0.25) is 10.1 Å². The smallest absolute Gasteiger partial charge is 0.318 e. The highest BCUT2D eigenvalue weighted by Crippen LogP contribution is 2.31. The van der Waals surface area contributed by atoms with E-state index in [1.165, 1.54) is 6.20 Å². The first kappa shape index (κ1) is 12.3. The van der Waals surface area contributed by atoms with Gasteiger partial charge in [0.15, 0.2) is 0 Å². The van der Waals surface area contributed by atoms with E-state index in [1.807, 2.05) is 0 Å². The third kappa shape index (κ3) is 2.38. The lowest BCUT2D eigenvalue weighted by atomic mass is 10.1. The molecule has 0 atom stereocenters. The Bertz CT molecular complexity index is 571. The molecule has 1 aromatic heterocycles. The van der Waals surface area contributed by atoms with E-state index in [0.29, 0.717) is 24.2 Å². The summed E-state index contributed by atoms with van der Waals surface area (Å²) in [5.41, 5.74) is 0.780. The molecular weight excluding hydrogens is 234 g/mol. The van der Waals surface area contributed by atoms with E-state index in [4.69, 9.17) is 5.11 Å². The Kier molecular flexibility index (Phi) is 3.69. The number of pyridine rings is 1. The third-order valence-corrected chi connectivity index (χ3v) is 2.58. The second-order valence-electron chi connectivity index (χ2n) is 3.80. The number of nitro benzene ring substituents is 1. The van der Waals surface area contributed by atoms with E-state index in [0.717, 1.165) is 5.39 Å². The molecule has 2 rings (SSSR count). The summed E-state index contributed by atoms with van der Waals surface area (Å²) >= 11 is 0. The molecule has 2 N–H and O–H groups in total. The molecule has 0 amide bonds. The summed E-state index contributed by atoms with van der Waals surface area (Å²) < 4.78 is 0. The van der Waals surface area contributed by atoms with Gasteiger partial charge in [-0.1, -0.05) is 12.1 Å². The van der Waals surface area contributed by atoms with Crippen LogP contribution < -0.4 is 5.32 Å². The molecule has 0 aliphatic rings. The van der Waals surface area contributed by atoms with E-state index in [9.17, 15) is 10.1 Å². The number of anilines is 1. The highest BCUT2D eigenvalue weighted by Gasteiger charge is 2.18. The number of nitrogens with zero attached hydrogens (tertiary/aromatic N) is 2. The number of nitro groups is 1. The minimum Gasteiger partial charge on any atom is -0.396 e. The molecule has 94 valence electrons.